The molecule has 8 heteroatoms. The second-order valence-electron chi connectivity index (χ2n) is 8.04. The molecule has 0 spiro atoms. The molecule has 4 rings (SSSR count). The van der Waals surface area contributed by atoms with E-state index in [0.717, 1.165) is 5.56 Å². The molecule has 4 aromatic rings. The summed E-state index contributed by atoms with van der Waals surface area (Å²) in [6.07, 6.45) is 1.34. The Morgan fingerprint density at radius 3 is 2.22 bits per heavy atom. The van der Waals surface area contributed by atoms with Gasteiger partial charge in [0.2, 0.25) is 0 Å². The lowest BCUT2D eigenvalue weighted by Crippen LogP contribution is -2.18. The van der Waals surface area contributed by atoms with Crippen molar-refractivity contribution in [2.45, 2.75) is 6.92 Å². The largest absolute Gasteiger partial charge is 0.422 e. The highest BCUT2D eigenvalue weighted by Crippen LogP contribution is 2.23. The molecule has 0 unspecified atom stereocenters. The number of ether oxygens (including phenoxy) is 1. The maximum atomic E-state index is 12.5. The summed E-state index contributed by atoms with van der Waals surface area (Å²) in [6, 6.07) is 27.0. The molecular weight excluding hydrogens is 490 g/mol. The van der Waals surface area contributed by atoms with Crippen molar-refractivity contribution in [3.63, 3.8) is 0 Å². The van der Waals surface area contributed by atoms with Gasteiger partial charge in [-0.2, -0.15) is 5.10 Å². The lowest BCUT2D eigenvalue weighted by Gasteiger charge is -2.08. The van der Waals surface area contributed by atoms with Crippen LogP contribution in [0.4, 0.5) is 5.69 Å². The van der Waals surface area contributed by atoms with Gasteiger partial charge in [0.15, 0.2) is 0 Å². The fourth-order valence-electron chi connectivity index (χ4n) is 3.37. The van der Waals surface area contributed by atoms with Gasteiger partial charge in [-0.15, -0.1) is 0 Å². The monoisotopic (exact) mass is 511 g/mol. The summed E-state index contributed by atoms with van der Waals surface area (Å²) in [7, 11) is 0. The Morgan fingerprint density at radius 1 is 0.784 bits per heavy atom. The highest BCUT2D eigenvalue weighted by atomic mass is 35.5. The molecule has 0 aliphatic rings. The average Bonchev–Trinajstić information content (AvgIpc) is 2.91. The SMILES string of the molecule is Cc1cccc(C(=O)Oc2ccc(Cl)cc2/C=N/NC(=O)c2ccc(NC(=O)c3ccccc3)cc2)c1. The number of hydrazone groups is 1. The first kappa shape index (κ1) is 25.3. The first-order chi connectivity index (χ1) is 17.9. The number of nitrogens with zero attached hydrogens (tertiary/aromatic N) is 1. The maximum absolute atomic E-state index is 12.5. The summed E-state index contributed by atoms with van der Waals surface area (Å²) in [5.74, 6) is -0.989. The van der Waals surface area contributed by atoms with Gasteiger partial charge in [-0.05, 0) is 73.7 Å². The Kier molecular flexibility index (Phi) is 8.08. The van der Waals surface area contributed by atoms with E-state index in [0.29, 0.717) is 33.0 Å². The number of anilines is 1. The van der Waals surface area contributed by atoms with Gasteiger partial charge in [0, 0.05) is 27.4 Å². The summed E-state index contributed by atoms with van der Waals surface area (Å²) in [5.41, 5.74) is 5.61. The Bertz CT molecular complexity index is 1470. The number of carbonyl (C=O) groups is 3. The number of benzene rings is 4. The molecule has 0 heterocycles. The van der Waals surface area contributed by atoms with Gasteiger partial charge >= 0.3 is 5.97 Å². The fourth-order valence-corrected chi connectivity index (χ4v) is 3.55. The number of hydrogen-bond donors (Lipinski definition) is 2. The van der Waals surface area contributed by atoms with Gasteiger partial charge in [0.25, 0.3) is 11.8 Å². The van der Waals surface area contributed by atoms with Crippen molar-refractivity contribution < 1.29 is 19.1 Å². The Labute approximate surface area is 218 Å². The molecule has 0 saturated carbocycles. The normalized spacial score (nSPS) is 10.6. The summed E-state index contributed by atoms with van der Waals surface area (Å²) >= 11 is 6.10. The molecule has 4 aromatic carbocycles. The number of halogens is 1. The summed E-state index contributed by atoms with van der Waals surface area (Å²) in [4.78, 5) is 37.3. The molecule has 2 N–H and O–H groups in total. The minimum atomic E-state index is -0.524. The summed E-state index contributed by atoms with van der Waals surface area (Å²) in [5, 5.41) is 7.17. The van der Waals surface area contributed by atoms with Gasteiger partial charge in [0.1, 0.15) is 5.75 Å². The molecule has 0 radical (unpaired) electrons. The van der Waals surface area contributed by atoms with E-state index in [2.05, 4.69) is 15.8 Å². The van der Waals surface area contributed by atoms with Crippen molar-refractivity contribution in [2.24, 2.45) is 5.10 Å². The van der Waals surface area contributed by atoms with E-state index in [4.69, 9.17) is 16.3 Å². The first-order valence-corrected chi connectivity index (χ1v) is 11.6. The number of esters is 1. The fraction of sp³-hybridized carbons (Fsp3) is 0.0345. The van der Waals surface area contributed by atoms with Crippen LogP contribution in [0, 0.1) is 6.92 Å². The van der Waals surface area contributed by atoms with E-state index in [1.807, 2.05) is 19.1 Å². The van der Waals surface area contributed by atoms with Crippen LogP contribution in [-0.2, 0) is 0 Å². The number of aryl methyl sites for hydroxylation is 1. The Hall–Kier alpha value is -4.75. The van der Waals surface area contributed by atoms with Crippen LogP contribution in [0.2, 0.25) is 5.02 Å². The minimum Gasteiger partial charge on any atom is -0.422 e. The van der Waals surface area contributed by atoms with E-state index in [-0.39, 0.29) is 11.7 Å². The maximum Gasteiger partial charge on any atom is 0.343 e. The van der Waals surface area contributed by atoms with Gasteiger partial charge in [-0.25, -0.2) is 10.2 Å². The van der Waals surface area contributed by atoms with Crippen LogP contribution in [0.5, 0.6) is 5.75 Å². The van der Waals surface area contributed by atoms with Crippen molar-refractivity contribution in [3.05, 3.63) is 130 Å². The summed E-state index contributed by atoms with van der Waals surface area (Å²) in [6.45, 7) is 1.88. The molecule has 2 amide bonds. The number of carbonyl (C=O) groups excluding carboxylic acids is 3. The third kappa shape index (κ3) is 6.90. The van der Waals surface area contributed by atoms with E-state index in [1.54, 1.807) is 84.9 Å². The Balaban J connectivity index is 1.39. The van der Waals surface area contributed by atoms with Crippen LogP contribution < -0.4 is 15.5 Å². The number of amides is 2. The molecule has 0 aliphatic heterocycles. The van der Waals surface area contributed by atoms with Crippen LogP contribution in [0.1, 0.15) is 42.2 Å². The molecule has 184 valence electrons. The smallest absolute Gasteiger partial charge is 0.343 e. The van der Waals surface area contributed by atoms with Crippen LogP contribution in [0.25, 0.3) is 0 Å². The first-order valence-electron chi connectivity index (χ1n) is 11.3. The molecule has 0 fully saturated rings. The van der Waals surface area contributed by atoms with Crippen molar-refractivity contribution in [1.82, 2.24) is 5.43 Å². The zero-order valence-corrected chi connectivity index (χ0v) is 20.5. The molecule has 0 saturated heterocycles. The zero-order chi connectivity index (χ0) is 26.2. The molecule has 0 aromatic heterocycles. The third-order valence-corrected chi connectivity index (χ3v) is 5.47. The highest BCUT2D eigenvalue weighted by Gasteiger charge is 2.12. The van der Waals surface area contributed by atoms with Gasteiger partial charge in [-0.1, -0.05) is 47.5 Å². The number of hydrogen-bond acceptors (Lipinski definition) is 5. The van der Waals surface area contributed by atoms with Gasteiger partial charge in [0.05, 0.1) is 11.8 Å². The van der Waals surface area contributed by atoms with Gasteiger partial charge in [-0.3, -0.25) is 9.59 Å². The zero-order valence-electron chi connectivity index (χ0n) is 19.8. The second-order valence-corrected chi connectivity index (χ2v) is 8.47. The van der Waals surface area contributed by atoms with E-state index >= 15 is 0 Å². The van der Waals surface area contributed by atoms with Crippen molar-refractivity contribution in [3.8, 4) is 5.75 Å². The molecule has 7 nitrogen and oxygen atoms in total. The van der Waals surface area contributed by atoms with Crippen LogP contribution in [0.3, 0.4) is 0 Å². The molecule has 37 heavy (non-hydrogen) atoms. The predicted octanol–water partition coefficient (Wildman–Crippen LogP) is 5.88. The van der Waals surface area contributed by atoms with Crippen molar-refractivity contribution in [2.75, 3.05) is 5.32 Å². The summed E-state index contributed by atoms with van der Waals surface area (Å²) < 4.78 is 5.52. The second kappa shape index (κ2) is 11.8. The average molecular weight is 512 g/mol. The molecule has 0 bridgehead atoms. The number of rotatable bonds is 7. The standard InChI is InChI=1S/C29H22ClN3O4/c1-19-6-5-9-22(16-19)29(36)37-26-15-12-24(30)17-23(26)18-31-33-28(35)21-10-13-25(14-11-21)32-27(34)20-7-3-2-4-8-20/h2-18H,1H3,(H,32,34)(H,33,35)/b31-18+. The quantitative estimate of drug-likeness (QED) is 0.140. The van der Waals surface area contributed by atoms with E-state index in [1.165, 1.54) is 6.21 Å². The Morgan fingerprint density at radius 2 is 1.49 bits per heavy atom. The lowest BCUT2D eigenvalue weighted by molar-refractivity contribution is 0.0733. The van der Waals surface area contributed by atoms with E-state index in [9.17, 15) is 14.4 Å². The van der Waals surface area contributed by atoms with Crippen molar-refractivity contribution in [1.29, 1.82) is 0 Å². The van der Waals surface area contributed by atoms with Crippen LogP contribution in [-0.4, -0.2) is 24.0 Å². The highest BCUT2D eigenvalue weighted by molar-refractivity contribution is 6.31. The molecule has 0 atom stereocenters. The molecular formula is C29H22ClN3O4. The molecule has 0 aliphatic carbocycles. The van der Waals surface area contributed by atoms with Crippen molar-refractivity contribution >= 4 is 41.3 Å². The lowest BCUT2D eigenvalue weighted by atomic mass is 10.1. The topological polar surface area (TPSA) is 96.9 Å². The van der Waals surface area contributed by atoms with Crippen LogP contribution >= 0.6 is 11.6 Å². The van der Waals surface area contributed by atoms with E-state index < -0.39 is 11.9 Å². The van der Waals surface area contributed by atoms with Crippen LogP contribution in [0.15, 0.2) is 102 Å². The third-order valence-electron chi connectivity index (χ3n) is 5.24. The van der Waals surface area contributed by atoms with Gasteiger partial charge < -0.3 is 10.1 Å². The minimum absolute atomic E-state index is 0.243. The predicted molar refractivity (Wildman–Crippen MR) is 143 cm³/mol. The number of nitrogens with one attached hydrogen (secondary N) is 2.